The number of amides is 1. The minimum absolute atomic E-state index is 0.00621. The van der Waals surface area contributed by atoms with Crippen molar-refractivity contribution in [3.63, 3.8) is 0 Å². The summed E-state index contributed by atoms with van der Waals surface area (Å²) in [7, 11) is 1.20. The Morgan fingerprint density at radius 2 is 1.67 bits per heavy atom. The van der Waals surface area contributed by atoms with E-state index in [1.807, 2.05) is 0 Å². The topological polar surface area (TPSA) is 64.6 Å². The van der Waals surface area contributed by atoms with Gasteiger partial charge in [-0.2, -0.15) is 13.2 Å². The number of methoxy groups -OCH3 is 1. The van der Waals surface area contributed by atoms with E-state index in [0.717, 1.165) is 23.9 Å². The molecule has 5 nitrogen and oxygen atoms in total. The van der Waals surface area contributed by atoms with E-state index >= 15 is 0 Å². The normalized spacial score (nSPS) is 13.7. The molecular weight excluding hydrogens is 479 g/mol. The van der Waals surface area contributed by atoms with Crippen LogP contribution in [0.4, 0.5) is 18.0 Å². The van der Waals surface area contributed by atoms with Crippen molar-refractivity contribution in [1.29, 1.82) is 0 Å². The fourth-order valence-electron chi connectivity index (χ4n) is 2.91. The van der Waals surface area contributed by atoms with Crippen molar-refractivity contribution in [3.05, 3.63) is 58.6 Å². The summed E-state index contributed by atoms with van der Waals surface area (Å²) in [6.07, 6.45) is -5.22. The molecule has 0 aliphatic carbocycles. The smallest absolute Gasteiger partial charge is 0.416 e. The monoisotopic (exact) mass is 503 g/mol. The van der Waals surface area contributed by atoms with Crippen LogP contribution in [-0.2, 0) is 26.9 Å². The number of carbonyl (C=O) groups excluding carboxylic acids is 2. The van der Waals surface area contributed by atoms with Gasteiger partial charge in [0.15, 0.2) is 0 Å². The van der Waals surface area contributed by atoms with Crippen molar-refractivity contribution in [2.75, 3.05) is 7.11 Å². The molecule has 1 atom stereocenters. The summed E-state index contributed by atoms with van der Waals surface area (Å²) in [6, 6.07) is 9.89. The lowest BCUT2D eigenvalue weighted by Gasteiger charge is -2.30. The van der Waals surface area contributed by atoms with Crippen LogP contribution < -0.4 is 5.32 Å². The van der Waals surface area contributed by atoms with Gasteiger partial charge in [-0.25, -0.2) is 9.59 Å². The Balaban J connectivity index is 2.23. The molecule has 0 heterocycles. The third kappa shape index (κ3) is 7.85. The van der Waals surface area contributed by atoms with Gasteiger partial charge in [0, 0.05) is 21.2 Å². The van der Waals surface area contributed by atoms with E-state index in [4.69, 9.17) is 21.1 Å². The number of alkyl carbamates (subject to hydrolysis) is 1. The Morgan fingerprint density at radius 3 is 2.21 bits per heavy atom. The van der Waals surface area contributed by atoms with E-state index in [2.05, 4.69) is 5.32 Å². The van der Waals surface area contributed by atoms with Gasteiger partial charge in [-0.3, -0.25) is 0 Å². The Labute approximate surface area is 200 Å². The zero-order chi connectivity index (χ0) is 25.0. The van der Waals surface area contributed by atoms with Crippen LogP contribution in [0, 0.1) is 0 Å². The summed E-state index contributed by atoms with van der Waals surface area (Å²) in [5.74, 6) is -0.688. The van der Waals surface area contributed by atoms with Gasteiger partial charge >= 0.3 is 18.2 Å². The molecule has 2 aromatic carbocycles. The Kier molecular flexibility index (Phi) is 8.35. The van der Waals surface area contributed by atoms with Crippen LogP contribution in [0.1, 0.15) is 38.8 Å². The number of nitrogens with one attached hydrogen (secondary N) is 1. The molecule has 0 spiro atoms. The number of hydrogen-bond acceptors (Lipinski definition) is 5. The van der Waals surface area contributed by atoms with E-state index in [-0.39, 0.29) is 11.4 Å². The van der Waals surface area contributed by atoms with Crippen LogP contribution in [0.5, 0.6) is 0 Å². The molecule has 0 saturated heterocycles. The summed E-state index contributed by atoms with van der Waals surface area (Å²) in [4.78, 5) is 25.7. The van der Waals surface area contributed by atoms with Gasteiger partial charge in [-0.1, -0.05) is 35.5 Å². The number of esters is 1. The zero-order valence-corrected chi connectivity index (χ0v) is 20.4. The summed E-state index contributed by atoms with van der Waals surface area (Å²) in [5.41, 5.74) is -2.43. The fourth-order valence-corrected chi connectivity index (χ4v) is 4.14. The van der Waals surface area contributed by atoms with E-state index in [1.165, 1.54) is 20.1 Å². The molecule has 0 bridgehead atoms. The summed E-state index contributed by atoms with van der Waals surface area (Å²) >= 11 is 7.53. The Morgan fingerprint density at radius 1 is 1.03 bits per heavy atom. The maximum absolute atomic E-state index is 12.9. The maximum atomic E-state index is 12.9. The second-order valence-corrected chi connectivity index (χ2v) is 10.1. The lowest BCUT2D eigenvalue weighted by molar-refractivity contribution is -0.147. The highest BCUT2D eigenvalue weighted by atomic mass is 35.5. The molecule has 0 radical (unpaired) electrons. The molecule has 0 fully saturated rings. The highest BCUT2D eigenvalue weighted by Gasteiger charge is 2.38. The first kappa shape index (κ1) is 26.9. The molecule has 2 aromatic rings. The number of rotatable bonds is 6. The molecule has 0 aliphatic heterocycles. The predicted molar refractivity (Wildman–Crippen MR) is 121 cm³/mol. The molecule has 1 amide bonds. The second-order valence-electron chi connectivity index (χ2n) is 8.51. The lowest BCUT2D eigenvalue weighted by Crippen LogP contribution is -2.55. The van der Waals surface area contributed by atoms with Crippen LogP contribution >= 0.6 is 23.4 Å². The first-order valence-corrected chi connectivity index (χ1v) is 11.1. The van der Waals surface area contributed by atoms with E-state index in [0.29, 0.717) is 15.4 Å². The molecule has 10 heteroatoms. The highest BCUT2D eigenvalue weighted by Crippen LogP contribution is 2.36. The number of hydrogen-bond donors (Lipinski definition) is 1. The zero-order valence-electron chi connectivity index (χ0n) is 18.8. The minimum Gasteiger partial charge on any atom is -0.467 e. The SMILES string of the molecule is COC(=O)[C@](C)(Cc1ccc(Sc2cccc(C(F)(F)F)c2)cc1Cl)NC(=O)OC(C)(C)C. The molecule has 2 rings (SSSR count). The third-order valence-electron chi connectivity index (χ3n) is 4.38. The average molecular weight is 504 g/mol. The summed E-state index contributed by atoms with van der Waals surface area (Å²) in [5, 5.41) is 2.83. The van der Waals surface area contributed by atoms with Crippen molar-refractivity contribution < 1.29 is 32.2 Å². The quantitative estimate of drug-likeness (QED) is 0.455. The molecular formula is C23H25ClF3NO4S. The summed E-state index contributed by atoms with van der Waals surface area (Å²) in [6.45, 7) is 6.57. The van der Waals surface area contributed by atoms with Gasteiger partial charge in [0.25, 0.3) is 0 Å². The van der Waals surface area contributed by atoms with Gasteiger partial charge in [0.1, 0.15) is 11.1 Å². The number of carbonyl (C=O) groups is 2. The first-order valence-electron chi connectivity index (χ1n) is 9.86. The van der Waals surface area contributed by atoms with Gasteiger partial charge in [0.05, 0.1) is 12.7 Å². The van der Waals surface area contributed by atoms with Crippen molar-refractivity contribution in [2.24, 2.45) is 0 Å². The van der Waals surface area contributed by atoms with Crippen molar-refractivity contribution >= 4 is 35.4 Å². The standard InChI is InChI=1S/C23H25ClF3NO4S/c1-21(2,3)32-20(30)28-22(4,19(29)31-5)13-14-9-10-17(12-18(14)24)33-16-8-6-7-15(11-16)23(25,26)27/h6-12H,13H2,1-5H3,(H,28,30)/t22-/m0/s1. The van der Waals surface area contributed by atoms with E-state index in [9.17, 15) is 22.8 Å². The van der Waals surface area contributed by atoms with E-state index < -0.39 is 34.9 Å². The largest absolute Gasteiger partial charge is 0.467 e. The fraction of sp³-hybridized carbons (Fsp3) is 0.391. The number of benzene rings is 2. The molecule has 180 valence electrons. The van der Waals surface area contributed by atoms with Crippen LogP contribution in [0.2, 0.25) is 5.02 Å². The van der Waals surface area contributed by atoms with Crippen LogP contribution in [0.15, 0.2) is 52.3 Å². The Bertz CT molecular complexity index is 1020. The molecule has 0 aromatic heterocycles. The van der Waals surface area contributed by atoms with Gasteiger partial charge in [-0.15, -0.1) is 0 Å². The van der Waals surface area contributed by atoms with Crippen LogP contribution in [-0.4, -0.2) is 30.3 Å². The third-order valence-corrected chi connectivity index (χ3v) is 5.71. The molecule has 0 unspecified atom stereocenters. The average Bonchev–Trinajstić information content (AvgIpc) is 2.67. The molecule has 1 N–H and O–H groups in total. The highest BCUT2D eigenvalue weighted by molar-refractivity contribution is 7.99. The maximum Gasteiger partial charge on any atom is 0.416 e. The first-order chi connectivity index (χ1) is 15.1. The lowest BCUT2D eigenvalue weighted by atomic mass is 9.93. The predicted octanol–water partition coefficient (Wildman–Crippen LogP) is 6.51. The number of halogens is 4. The van der Waals surface area contributed by atoms with E-state index in [1.54, 1.807) is 45.0 Å². The van der Waals surface area contributed by atoms with Crippen LogP contribution in [0.25, 0.3) is 0 Å². The summed E-state index contributed by atoms with van der Waals surface area (Å²) < 4.78 is 48.9. The van der Waals surface area contributed by atoms with Crippen molar-refractivity contribution in [1.82, 2.24) is 5.32 Å². The van der Waals surface area contributed by atoms with Crippen molar-refractivity contribution in [3.8, 4) is 0 Å². The van der Waals surface area contributed by atoms with Gasteiger partial charge in [0.2, 0.25) is 0 Å². The molecule has 33 heavy (non-hydrogen) atoms. The Hall–Kier alpha value is -2.39. The second kappa shape index (κ2) is 10.3. The van der Waals surface area contributed by atoms with Gasteiger partial charge in [-0.05, 0) is 63.6 Å². The number of ether oxygens (including phenoxy) is 2. The van der Waals surface area contributed by atoms with Crippen molar-refractivity contribution in [2.45, 2.75) is 61.2 Å². The molecule has 0 aliphatic rings. The molecule has 0 saturated carbocycles. The van der Waals surface area contributed by atoms with Gasteiger partial charge < -0.3 is 14.8 Å². The van der Waals surface area contributed by atoms with Crippen LogP contribution in [0.3, 0.4) is 0 Å². The minimum atomic E-state index is -4.43. The number of alkyl halides is 3.